The number of aromatic nitrogens is 2. The molecule has 0 aliphatic carbocycles. The van der Waals surface area contributed by atoms with Gasteiger partial charge in [-0.25, -0.2) is 5.26 Å². The van der Waals surface area contributed by atoms with Crippen LogP contribution in [0.25, 0.3) is 11.3 Å². The van der Waals surface area contributed by atoms with E-state index in [0.29, 0.717) is 29.7 Å². The van der Waals surface area contributed by atoms with Crippen molar-refractivity contribution in [3.8, 4) is 23.0 Å². The molecule has 6 nitrogen and oxygen atoms in total. The van der Waals surface area contributed by atoms with Crippen molar-refractivity contribution in [1.82, 2.24) is 9.97 Å². The van der Waals surface area contributed by atoms with E-state index in [9.17, 15) is 10.1 Å². The lowest BCUT2D eigenvalue weighted by atomic mass is 9.41. The molecular formula is C20H17BN4O2. The maximum atomic E-state index is 12.9. The number of carbonyl (C=O) groups is 1. The Morgan fingerprint density at radius 3 is 2.78 bits per heavy atom. The van der Waals surface area contributed by atoms with Gasteiger partial charge in [-0.2, -0.15) is 0 Å². The highest BCUT2D eigenvalue weighted by molar-refractivity contribution is 6.98. The van der Waals surface area contributed by atoms with E-state index in [1.165, 1.54) is 0 Å². The van der Waals surface area contributed by atoms with Crippen LogP contribution in [0.3, 0.4) is 0 Å². The lowest BCUT2D eigenvalue weighted by Crippen LogP contribution is -2.30. The number of hydrogen-bond acceptors (Lipinski definition) is 5. The number of aryl methyl sites for hydroxylation is 1. The minimum Gasteiger partial charge on any atom is -0.495 e. The van der Waals surface area contributed by atoms with Crippen molar-refractivity contribution in [2.24, 2.45) is 0 Å². The Morgan fingerprint density at radius 2 is 2.04 bits per heavy atom. The molecule has 1 aliphatic rings. The van der Waals surface area contributed by atoms with Gasteiger partial charge in [-0.05, 0) is 37.0 Å². The average Bonchev–Trinajstić information content (AvgIpc) is 3.08. The molecule has 3 heterocycles. The van der Waals surface area contributed by atoms with Gasteiger partial charge < -0.3 is 19.8 Å². The number of aromatic amines is 1. The second-order valence-corrected chi connectivity index (χ2v) is 6.37. The molecule has 2 aromatic heterocycles. The smallest absolute Gasteiger partial charge is 0.351 e. The molecule has 0 spiro atoms. The second kappa shape index (κ2) is 7.00. The highest BCUT2D eigenvalue weighted by Crippen LogP contribution is 2.40. The van der Waals surface area contributed by atoms with Crippen LogP contribution in [0.15, 0.2) is 48.8 Å². The number of methoxy groups -OCH3 is 1. The Balaban J connectivity index is 1.89. The Kier molecular flexibility index (Phi) is 4.39. The number of pyridine rings is 1. The largest absolute Gasteiger partial charge is 0.495 e. The number of carbonyl (C=O) groups excluding carboxylic acids is 1. The predicted molar refractivity (Wildman–Crippen MR) is 105 cm³/mol. The summed E-state index contributed by atoms with van der Waals surface area (Å²) in [5.74, 6) is 2.81. The quantitative estimate of drug-likeness (QED) is 0.696. The number of H-pyrrole nitrogens is 1. The van der Waals surface area contributed by atoms with E-state index in [2.05, 4.69) is 21.3 Å². The number of fused-ring (bicyclic) bond motifs is 1. The van der Waals surface area contributed by atoms with Gasteiger partial charge in [0.15, 0.2) is 0 Å². The first-order valence-corrected chi connectivity index (χ1v) is 8.72. The average molecular weight is 356 g/mol. The van der Waals surface area contributed by atoms with Crippen LogP contribution in [0, 0.1) is 11.2 Å². The number of rotatable bonds is 4. The topological polar surface area (TPSA) is 90.8 Å². The number of nitrogens with one attached hydrogen (secondary N) is 2. The summed E-state index contributed by atoms with van der Waals surface area (Å²) in [6.07, 6.45) is 4.61. The first kappa shape index (κ1) is 16.9. The first-order valence-electron chi connectivity index (χ1n) is 8.72. The summed E-state index contributed by atoms with van der Waals surface area (Å²) < 4.78 is 5.43. The lowest BCUT2D eigenvalue weighted by Gasteiger charge is -2.16. The number of para-hydroxylation sites is 2. The van der Waals surface area contributed by atoms with E-state index in [0.717, 1.165) is 22.6 Å². The molecule has 0 unspecified atom stereocenters. The van der Waals surface area contributed by atoms with E-state index in [-0.39, 0.29) is 5.68 Å². The van der Waals surface area contributed by atoms with Crippen molar-refractivity contribution in [3.05, 3.63) is 60.0 Å². The third-order valence-corrected chi connectivity index (χ3v) is 4.82. The van der Waals surface area contributed by atoms with Crippen molar-refractivity contribution < 1.29 is 9.53 Å². The monoisotopic (exact) mass is 356 g/mol. The Labute approximate surface area is 157 Å². The highest BCUT2D eigenvalue weighted by Gasteiger charge is 2.36. The van der Waals surface area contributed by atoms with E-state index in [1.54, 1.807) is 19.5 Å². The third kappa shape index (κ3) is 2.95. The van der Waals surface area contributed by atoms with E-state index < -0.39 is 6.71 Å². The molecule has 1 aliphatic heterocycles. The molecule has 0 bridgehead atoms. The maximum Gasteiger partial charge on any atom is 0.351 e. The van der Waals surface area contributed by atoms with Gasteiger partial charge in [-0.3, -0.25) is 4.98 Å². The molecule has 0 saturated carbocycles. The zero-order valence-electron chi connectivity index (χ0n) is 14.8. The van der Waals surface area contributed by atoms with Crippen LogP contribution in [0.1, 0.15) is 16.1 Å². The zero-order chi connectivity index (χ0) is 18.8. The van der Waals surface area contributed by atoms with Gasteiger partial charge in [0, 0.05) is 29.6 Å². The summed E-state index contributed by atoms with van der Waals surface area (Å²) in [6, 6.07) is 11.3. The molecule has 1 aromatic carbocycles. The van der Waals surface area contributed by atoms with Gasteiger partial charge in [0.25, 0.3) is 0 Å². The second-order valence-electron chi connectivity index (χ2n) is 6.37. The van der Waals surface area contributed by atoms with Crippen LogP contribution in [0.5, 0.6) is 5.75 Å². The normalized spacial score (nSPS) is 13.0. The SMILES string of the molecule is COc1ccccc1Nc1c(-c2ccncc2)[nH]c2c1C(=O)B(C#N)CC2. The van der Waals surface area contributed by atoms with Gasteiger partial charge in [-0.1, -0.05) is 12.1 Å². The van der Waals surface area contributed by atoms with Crippen LogP contribution in [0.2, 0.25) is 6.32 Å². The lowest BCUT2D eigenvalue weighted by molar-refractivity contribution is 0.107. The minimum atomic E-state index is -0.614. The number of nitriles is 1. The summed E-state index contributed by atoms with van der Waals surface area (Å²) in [6.45, 7) is -0.614. The molecule has 0 radical (unpaired) electrons. The third-order valence-electron chi connectivity index (χ3n) is 4.82. The Bertz CT molecular complexity index is 1040. The zero-order valence-corrected chi connectivity index (χ0v) is 14.8. The molecule has 3 aromatic rings. The van der Waals surface area contributed by atoms with Crippen molar-refractivity contribution in [2.45, 2.75) is 12.7 Å². The molecule has 0 fully saturated rings. The maximum absolute atomic E-state index is 12.9. The Hall–Kier alpha value is -3.53. The number of ether oxygens (including phenoxy) is 1. The van der Waals surface area contributed by atoms with Gasteiger partial charge >= 0.3 is 6.71 Å². The number of hydrogen-bond donors (Lipinski definition) is 2. The summed E-state index contributed by atoms with van der Waals surface area (Å²) >= 11 is 0. The van der Waals surface area contributed by atoms with Crippen molar-refractivity contribution in [1.29, 1.82) is 5.26 Å². The first-order chi connectivity index (χ1) is 13.2. The summed E-state index contributed by atoms with van der Waals surface area (Å²) in [4.78, 5) is 20.4. The molecule has 4 rings (SSSR count). The van der Waals surface area contributed by atoms with Crippen LogP contribution in [-0.2, 0) is 6.42 Å². The van der Waals surface area contributed by atoms with Crippen LogP contribution in [0.4, 0.5) is 11.4 Å². The molecule has 0 saturated heterocycles. The van der Waals surface area contributed by atoms with Crippen LogP contribution < -0.4 is 10.1 Å². The molecule has 0 atom stereocenters. The molecule has 2 N–H and O–H groups in total. The van der Waals surface area contributed by atoms with Crippen LogP contribution in [-0.4, -0.2) is 29.5 Å². The fraction of sp³-hybridized carbons (Fsp3) is 0.150. The minimum absolute atomic E-state index is 0.146. The van der Waals surface area contributed by atoms with Crippen LogP contribution >= 0.6 is 0 Å². The molecule has 0 amide bonds. The van der Waals surface area contributed by atoms with E-state index >= 15 is 0 Å². The standard InChI is InChI=1S/C20H17BN4O2/c1-27-16-5-3-2-4-14(16)24-19-17-15(6-9-21(12-22)20(17)26)25-18(19)13-7-10-23-11-8-13/h2-5,7-8,10-11,24-25H,6,9H2,1H3. The van der Waals surface area contributed by atoms with Gasteiger partial charge in [0.05, 0.1) is 29.7 Å². The van der Waals surface area contributed by atoms with Gasteiger partial charge in [0.2, 0.25) is 0 Å². The van der Waals surface area contributed by atoms with Crippen molar-refractivity contribution in [3.63, 3.8) is 0 Å². The molecule has 132 valence electrons. The number of nitrogens with zero attached hydrogens (tertiary/aromatic N) is 2. The molecule has 27 heavy (non-hydrogen) atoms. The summed E-state index contributed by atoms with van der Waals surface area (Å²) in [5, 5.41) is 12.7. The molecular weight excluding hydrogens is 339 g/mol. The fourth-order valence-corrected chi connectivity index (χ4v) is 3.47. The summed E-state index contributed by atoms with van der Waals surface area (Å²) in [7, 11) is 1.60. The van der Waals surface area contributed by atoms with Gasteiger partial charge in [0.1, 0.15) is 11.4 Å². The van der Waals surface area contributed by atoms with Gasteiger partial charge in [-0.15, -0.1) is 0 Å². The summed E-state index contributed by atoms with van der Waals surface area (Å²) in [5.41, 5.74) is 4.42. The predicted octanol–water partition coefficient (Wildman–Crippen LogP) is 3.66. The van der Waals surface area contributed by atoms with Crippen molar-refractivity contribution in [2.75, 3.05) is 12.4 Å². The van der Waals surface area contributed by atoms with Crippen molar-refractivity contribution >= 4 is 23.8 Å². The fourth-order valence-electron chi connectivity index (χ4n) is 3.47. The molecule has 7 heteroatoms. The Morgan fingerprint density at radius 1 is 1.26 bits per heavy atom. The number of benzene rings is 1. The highest BCUT2D eigenvalue weighted by atomic mass is 16.5. The number of anilines is 2. The van der Waals surface area contributed by atoms with E-state index in [4.69, 9.17) is 4.74 Å². The van der Waals surface area contributed by atoms with E-state index in [1.807, 2.05) is 36.4 Å².